The van der Waals surface area contributed by atoms with E-state index >= 15 is 0 Å². The van der Waals surface area contributed by atoms with Crippen LogP contribution in [0, 0.1) is 0 Å². The molecule has 0 spiro atoms. The van der Waals surface area contributed by atoms with Gasteiger partial charge >= 0.3 is 0 Å². The molecule has 0 saturated heterocycles. The van der Waals surface area contributed by atoms with Crippen LogP contribution in [0.5, 0.6) is 0 Å². The first-order valence-corrected chi connectivity index (χ1v) is 8.89. The standard InChI is InChI=1S/C18H23N7O/c1-25-16(22-23-18(25)13-8-14(19)9-13)11-20-10-15-21-17(26-24-15)7-12-5-3-2-4-6-12/h2-6,13-14,20H,7-11,19H2,1H3. The van der Waals surface area contributed by atoms with E-state index in [4.69, 9.17) is 10.3 Å². The third-order valence-corrected chi connectivity index (χ3v) is 4.81. The molecule has 0 amide bonds. The predicted molar refractivity (Wildman–Crippen MR) is 95.0 cm³/mol. The van der Waals surface area contributed by atoms with Gasteiger partial charge < -0.3 is 20.1 Å². The van der Waals surface area contributed by atoms with Crippen LogP contribution in [0.2, 0.25) is 0 Å². The van der Waals surface area contributed by atoms with E-state index in [1.54, 1.807) is 0 Å². The third-order valence-electron chi connectivity index (χ3n) is 4.81. The van der Waals surface area contributed by atoms with Gasteiger partial charge in [0.1, 0.15) is 11.6 Å². The fourth-order valence-corrected chi connectivity index (χ4v) is 3.25. The van der Waals surface area contributed by atoms with Crippen LogP contribution in [-0.2, 0) is 26.6 Å². The lowest BCUT2D eigenvalue weighted by Gasteiger charge is -2.31. The molecule has 3 N–H and O–H groups in total. The molecule has 0 radical (unpaired) electrons. The molecule has 4 rings (SSSR count). The van der Waals surface area contributed by atoms with Crippen molar-refractivity contribution < 1.29 is 4.52 Å². The van der Waals surface area contributed by atoms with E-state index in [-0.39, 0.29) is 0 Å². The Labute approximate surface area is 151 Å². The summed E-state index contributed by atoms with van der Waals surface area (Å²) < 4.78 is 7.37. The number of aromatic nitrogens is 5. The number of rotatable bonds is 7. The molecule has 0 bridgehead atoms. The molecule has 0 atom stereocenters. The highest BCUT2D eigenvalue weighted by molar-refractivity contribution is 5.18. The topological polar surface area (TPSA) is 108 Å². The maximum Gasteiger partial charge on any atom is 0.231 e. The highest BCUT2D eigenvalue weighted by Gasteiger charge is 2.31. The predicted octanol–water partition coefficient (Wildman–Crippen LogP) is 1.28. The first kappa shape index (κ1) is 16.9. The normalized spacial score (nSPS) is 19.5. The Hall–Kier alpha value is -2.58. The molecular weight excluding hydrogens is 330 g/mol. The minimum atomic E-state index is 0.307. The molecule has 3 aromatic rings. The summed E-state index contributed by atoms with van der Waals surface area (Å²) in [6.45, 7) is 1.12. The Morgan fingerprint density at radius 2 is 2.00 bits per heavy atom. The van der Waals surface area contributed by atoms with Crippen molar-refractivity contribution in [2.24, 2.45) is 12.8 Å². The summed E-state index contributed by atoms with van der Waals surface area (Å²) in [4.78, 5) is 4.43. The van der Waals surface area contributed by atoms with Crippen molar-refractivity contribution in [1.29, 1.82) is 0 Å². The fourth-order valence-electron chi connectivity index (χ4n) is 3.25. The smallest absolute Gasteiger partial charge is 0.231 e. The zero-order chi connectivity index (χ0) is 17.9. The lowest BCUT2D eigenvalue weighted by Crippen LogP contribution is -2.36. The van der Waals surface area contributed by atoms with Gasteiger partial charge in [-0.15, -0.1) is 10.2 Å². The maximum absolute atomic E-state index is 5.87. The Bertz CT molecular complexity index is 852. The molecule has 1 aliphatic rings. The molecule has 2 aromatic heterocycles. The summed E-state index contributed by atoms with van der Waals surface area (Å²) in [5.41, 5.74) is 7.02. The largest absolute Gasteiger partial charge is 0.339 e. The van der Waals surface area contributed by atoms with E-state index in [1.165, 1.54) is 0 Å². The van der Waals surface area contributed by atoms with E-state index in [0.717, 1.165) is 30.1 Å². The molecule has 1 aliphatic carbocycles. The molecule has 8 heteroatoms. The zero-order valence-corrected chi connectivity index (χ0v) is 14.8. The van der Waals surface area contributed by atoms with E-state index in [1.807, 2.05) is 37.4 Å². The van der Waals surface area contributed by atoms with Gasteiger partial charge in [0, 0.05) is 19.0 Å². The summed E-state index contributed by atoms with van der Waals surface area (Å²) in [6, 6.07) is 10.4. The van der Waals surface area contributed by atoms with Crippen molar-refractivity contribution >= 4 is 0 Å². The van der Waals surface area contributed by atoms with Crippen molar-refractivity contribution in [3.05, 3.63) is 59.3 Å². The van der Waals surface area contributed by atoms with Crippen LogP contribution in [0.25, 0.3) is 0 Å². The summed E-state index contributed by atoms with van der Waals surface area (Å²) in [6.07, 6.45) is 2.63. The number of nitrogens with one attached hydrogen (secondary N) is 1. The average molecular weight is 353 g/mol. The summed E-state index contributed by atoms with van der Waals surface area (Å²) in [7, 11) is 2.00. The van der Waals surface area contributed by atoms with Crippen LogP contribution in [0.3, 0.4) is 0 Å². The number of nitrogens with zero attached hydrogens (tertiary/aromatic N) is 5. The minimum absolute atomic E-state index is 0.307. The molecule has 0 aliphatic heterocycles. The van der Waals surface area contributed by atoms with Crippen molar-refractivity contribution in [3.8, 4) is 0 Å². The Balaban J connectivity index is 1.29. The minimum Gasteiger partial charge on any atom is -0.339 e. The number of nitrogens with two attached hydrogens (primary N) is 1. The highest BCUT2D eigenvalue weighted by atomic mass is 16.5. The van der Waals surface area contributed by atoms with Crippen molar-refractivity contribution in [2.45, 2.75) is 44.3 Å². The number of hydrogen-bond acceptors (Lipinski definition) is 7. The maximum atomic E-state index is 5.87. The van der Waals surface area contributed by atoms with Gasteiger partial charge in [0.05, 0.1) is 19.5 Å². The highest BCUT2D eigenvalue weighted by Crippen LogP contribution is 2.34. The summed E-state index contributed by atoms with van der Waals surface area (Å²) in [5, 5.41) is 15.9. The first-order valence-electron chi connectivity index (χ1n) is 8.89. The lowest BCUT2D eigenvalue weighted by molar-refractivity contribution is 0.331. The van der Waals surface area contributed by atoms with Crippen LogP contribution in [0.4, 0.5) is 0 Å². The second-order valence-electron chi connectivity index (χ2n) is 6.83. The Morgan fingerprint density at radius 1 is 1.19 bits per heavy atom. The Morgan fingerprint density at radius 3 is 2.77 bits per heavy atom. The SMILES string of the molecule is Cn1c(CNCc2noc(Cc3ccccc3)n2)nnc1C1CC(N)C1. The van der Waals surface area contributed by atoms with Crippen LogP contribution in [0.15, 0.2) is 34.9 Å². The molecular formula is C18H23N7O. The third kappa shape index (κ3) is 3.66. The Kier molecular flexibility index (Phi) is 4.77. The van der Waals surface area contributed by atoms with Crippen molar-refractivity contribution in [3.63, 3.8) is 0 Å². The average Bonchev–Trinajstić information content (AvgIpc) is 3.20. The van der Waals surface area contributed by atoms with E-state index < -0.39 is 0 Å². The van der Waals surface area contributed by atoms with Gasteiger partial charge in [0.2, 0.25) is 5.89 Å². The van der Waals surface area contributed by atoms with Gasteiger partial charge in [-0.25, -0.2) is 0 Å². The molecule has 26 heavy (non-hydrogen) atoms. The summed E-state index contributed by atoms with van der Waals surface area (Å²) >= 11 is 0. The van der Waals surface area contributed by atoms with Gasteiger partial charge in [-0.2, -0.15) is 4.98 Å². The molecule has 136 valence electrons. The monoisotopic (exact) mass is 353 g/mol. The van der Waals surface area contributed by atoms with E-state index in [0.29, 0.717) is 43.2 Å². The van der Waals surface area contributed by atoms with Gasteiger partial charge in [0.25, 0.3) is 0 Å². The van der Waals surface area contributed by atoms with E-state index in [2.05, 4.69) is 30.2 Å². The van der Waals surface area contributed by atoms with Gasteiger partial charge in [-0.3, -0.25) is 0 Å². The van der Waals surface area contributed by atoms with Gasteiger partial charge in [-0.1, -0.05) is 35.5 Å². The van der Waals surface area contributed by atoms with Crippen LogP contribution in [-0.4, -0.2) is 30.9 Å². The molecule has 1 fully saturated rings. The van der Waals surface area contributed by atoms with Crippen molar-refractivity contribution in [1.82, 2.24) is 30.2 Å². The lowest BCUT2D eigenvalue weighted by atomic mass is 9.80. The van der Waals surface area contributed by atoms with Crippen LogP contribution < -0.4 is 11.1 Å². The fraction of sp³-hybridized carbons (Fsp3) is 0.444. The number of benzene rings is 1. The molecule has 0 unspecified atom stereocenters. The van der Waals surface area contributed by atoms with Gasteiger partial charge in [-0.05, 0) is 18.4 Å². The van der Waals surface area contributed by atoms with E-state index in [9.17, 15) is 0 Å². The van der Waals surface area contributed by atoms with Crippen LogP contribution >= 0.6 is 0 Å². The first-order chi connectivity index (χ1) is 12.7. The second kappa shape index (κ2) is 7.35. The van der Waals surface area contributed by atoms with Crippen LogP contribution in [0.1, 0.15) is 47.7 Å². The molecule has 1 aromatic carbocycles. The van der Waals surface area contributed by atoms with Crippen molar-refractivity contribution in [2.75, 3.05) is 0 Å². The zero-order valence-electron chi connectivity index (χ0n) is 14.8. The van der Waals surface area contributed by atoms with Gasteiger partial charge in [0.15, 0.2) is 5.82 Å². The quantitative estimate of drug-likeness (QED) is 0.659. The number of hydrogen-bond donors (Lipinski definition) is 2. The second-order valence-corrected chi connectivity index (χ2v) is 6.83. The molecule has 2 heterocycles. The molecule has 1 saturated carbocycles. The molecule has 8 nitrogen and oxygen atoms in total. The summed E-state index contributed by atoms with van der Waals surface area (Å²) in [5.74, 6) is 3.62.